The van der Waals surface area contributed by atoms with Crippen molar-refractivity contribution in [2.75, 3.05) is 30.6 Å². The monoisotopic (exact) mass is 609 g/mol. The van der Waals surface area contributed by atoms with E-state index in [1.165, 1.54) is 18.5 Å². The molecule has 220 valence electrons. The van der Waals surface area contributed by atoms with Crippen molar-refractivity contribution in [3.63, 3.8) is 0 Å². The van der Waals surface area contributed by atoms with Gasteiger partial charge in [0.1, 0.15) is 10.6 Å². The number of rotatable bonds is 9. The molecule has 0 radical (unpaired) electrons. The third-order valence-corrected chi connectivity index (χ3v) is 9.04. The van der Waals surface area contributed by atoms with Crippen LogP contribution in [0, 0.1) is 0 Å². The number of alkyl halides is 3. The van der Waals surface area contributed by atoms with E-state index in [9.17, 15) is 26.7 Å². The van der Waals surface area contributed by atoms with E-state index in [1.54, 1.807) is 14.1 Å². The van der Waals surface area contributed by atoms with Gasteiger partial charge >= 0.3 is 6.18 Å². The maximum absolute atomic E-state index is 13.0. The van der Waals surface area contributed by atoms with Gasteiger partial charge in [-0.3, -0.25) is 0 Å². The van der Waals surface area contributed by atoms with Crippen LogP contribution in [-0.2, 0) is 23.0 Å². The molecule has 1 aliphatic carbocycles. The number of aliphatic hydroxyl groups is 1. The highest BCUT2D eigenvalue weighted by Crippen LogP contribution is 2.37. The fraction of sp³-hybridized carbons (Fsp3) is 0.423. The summed E-state index contributed by atoms with van der Waals surface area (Å²) in [6.45, 7) is 0.559. The number of aromatic nitrogens is 4. The molecule has 0 saturated heterocycles. The van der Waals surface area contributed by atoms with Crippen molar-refractivity contribution in [3.8, 4) is 11.1 Å². The van der Waals surface area contributed by atoms with Crippen molar-refractivity contribution < 1.29 is 26.7 Å². The number of nitrogens with one attached hydrogen (secondary N) is 2. The first kappa shape index (κ1) is 29.2. The summed E-state index contributed by atoms with van der Waals surface area (Å²) in [5.74, 6) is 0.776. The predicted octanol–water partition coefficient (Wildman–Crippen LogP) is 3.63. The fourth-order valence-corrected chi connectivity index (χ4v) is 6.64. The predicted molar refractivity (Wildman–Crippen MR) is 153 cm³/mol. The fourth-order valence-electron chi connectivity index (χ4n) is 5.07. The number of aliphatic hydroxyl groups excluding tert-OH is 1. The number of nitrogens with zero attached hydrogens (tertiary/aromatic N) is 5. The van der Waals surface area contributed by atoms with Crippen LogP contribution < -0.4 is 15.5 Å². The Labute approximate surface area is 239 Å². The number of likely N-dealkylation sites (N-methyl/N-ethyl adjacent to an activating group) is 1. The van der Waals surface area contributed by atoms with E-state index in [4.69, 9.17) is 0 Å². The lowest BCUT2D eigenvalue weighted by Gasteiger charge is -2.29. The second-order valence-electron chi connectivity index (χ2n) is 10.2. The van der Waals surface area contributed by atoms with Crippen LogP contribution in [0.3, 0.4) is 0 Å². The largest absolute Gasteiger partial charge is 0.393 e. The van der Waals surface area contributed by atoms with E-state index >= 15 is 0 Å². The molecule has 10 nitrogen and oxygen atoms in total. The average Bonchev–Trinajstić information content (AvgIpc) is 3.63. The van der Waals surface area contributed by atoms with Crippen molar-refractivity contribution >= 4 is 43.3 Å². The molecule has 3 N–H and O–H groups in total. The quantitative estimate of drug-likeness (QED) is 0.261. The molecule has 0 unspecified atom stereocenters. The van der Waals surface area contributed by atoms with E-state index < -0.39 is 28.7 Å². The lowest BCUT2D eigenvalue weighted by atomic mass is 10.1. The third kappa shape index (κ3) is 6.63. The Kier molecular flexibility index (Phi) is 7.98. The molecule has 41 heavy (non-hydrogen) atoms. The number of fused-ring (bicyclic) bond motifs is 1. The Morgan fingerprint density at radius 2 is 1.90 bits per heavy atom. The highest BCUT2D eigenvalue weighted by atomic mass is 32.2. The van der Waals surface area contributed by atoms with Crippen molar-refractivity contribution in [1.82, 2.24) is 24.5 Å². The number of anilines is 2. The molecule has 15 heteroatoms. The van der Waals surface area contributed by atoms with Crippen molar-refractivity contribution in [3.05, 3.63) is 53.2 Å². The van der Waals surface area contributed by atoms with Gasteiger partial charge in [0.2, 0.25) is 5.95 Å². The summed E-state index contributed by atoms with van der Waals surface area (Å²) in [5, 5.41) is 21.7. The van der Waals surface area contributed by atoms with Gasteiger partial charge in [-0.2, -0.15) is 27.3 Å². The molecule has 4 aromatic rings. The number of halogens is 3. The van der Waals surface area contributed by atoms with Crippen molar-refractivity contribution in [2.45, 2.75) is 50.2 Å². The summed E-state index contributed by atoms with van der Waals surface area (Å²) in [5.41, 5.74) is 2.55. The molecule has 3 heterocycles. The second kappa shape index (κ2) is 11.2. The molecule has 1 saturated carbocycles. The van der Waals surface area contributed by atoms with Crippen LogP contribution in [0.5, 0.6) is 0 Å². The van der Waals surface area contributed by atoms with Crippen LogP contribution in [0.15, 0.2) is 42.7 Å². The van der Waals surface area contributed by atoms with E-state index in [2.05, 4.69) is 25.7 Å². The molecule has 5 rings (SSSR count). The lowest BCUT2D eigenvalue weighted by Crippen LogP contribution is -2.38. The highest BCUT2D eigenvalue weighted by molar-refractivity contribution is 7.89. The molecule has 0 spiro atoms. The summed E-state index contributed by atoms with van der Waals surface area (Å²) in [4.78, 5) is 11.3. The van der Waals surface area contributed by atoms with Gasteiger partial charge in [-0.1, -0.05) is 24.3 Å². The summed E-state index contributed by atoms with van der Waals surface area (Å²) in [7, 11) is -0.00612. The number of benzene rings is 1. The van der Waals surface area contributed by atoms with Crippen LogP contribution in [0.4, 0.5) is 24.9 Å². The van der Waals surface area contributed by atoms with Gasteiger partial charge in [-0.15, -0.1) is 11.3 Å². The van der Waals surface area contributed by atoms with Gasteiger partial charge in [-0.25, -0.2) is 13.4 Å². The molecule has 0 aliphatic heterocycles. The van der Waals surface area contributed by atoms with E-state index in [1.807, 2.05) is 29.2 Å². The third-order valence-electron chi connectivity index (χ3n) is 7.13. The Morgan fingerprint density at radius 1 is 1.17 bits per heavy atom. The number of hydrogen-bond acceptors (Lipinski definition) is 10. The van der Waals surface area contributed by atoms with Crippen LogP contribution in [0.25, 0.3) is 21.3 Å². The zero-order valence-corrected chi connectivity index (χ0v) is 24.2. The minimum Gasteiger partial charge on any atom is -0.391 e. The number of thiophene rings is 1. The first-order chi connectivity index (χ1) is 19.3. The van der Waals surface area contributed by atoms with Gasteiger partial charge in [0.15, 0.2) is 0 Å². The lowest BCUT2D eigenvalue weighted by molar-refractivity contribution is -0.126. The number of hydrogen-bond donors (Lipinski definition) is 3. The summed E-state index contributed by atoms with van der Waals surface area (Å²) in [6.07, 6.45) is -0.841. The first-order valence-corrected chi connectivity index (χ1v) is 15.5. The zero-order valence-electron chi connectivity index (χ0n) is 22.6. The molecule has 3 atom stereocenters. The SMILES string of the molecule is CNc1nc(N(C)[C@H]2C[C@@H](NCc3ccc(-c4cnn(S(C)(=O)=O)c4)cc3)C[C@H]2O)c2cc(CC(F)(F)F)sc2n1. The normalized spacial score (nSPS) is 19.6. The smallest absolute Gasteiger partial charge is 0.391 e. The van der Waals surface area contributed by atoms with Gasteiger partial charge < -0.3 is 20.6 Å². The molecule has 1 aromatic carbocycles. The Morgan fingerprint density at radius 3 is 2.54 bits per heavy atom. The Balaban J connectivity index is 1.26. The van der Waals surface area contributed by atoms with Crippen LogP contribution in [0.2, 0.25) is 0 Å². The van der Waals surface area contributed by atoms with Gasteiger partial charge in [0.25, 0.3) is 10.0 Å². The molecule has 3 aromatic heterocycles. The molecule has 1 aliphatic rings. The Bertz CT molecular complexity index is 1640. The molecule has 0 bridgehead atoms. The minimum absolute atomic E-state index is 0.00878. The van der Waals surface area contributed by atoms with Gasteiger partial charge in [0.05, 0.1) is 42.6 Å². The molecular weight excluding hydrogens is 579 g/mol. The summed E-state index contributed by atoms with van der Waals surface area (Å²) in [6, 6.07) is 8.89. The van der Waals surface area contributed by atoms with Crippen LogP contribution in [0.1, 0.15) is 23.3 Å². The van der Waals surface area contributed by atoms with Crippen LogP contribution in [-0.4, -0.2) is 77.4 Å². The first-order valence-electron chi connectivity index (χ1n) is 12.8. The van der Waals surface area contributed by atoms with E-state index in [0.717, 1.165) is 32.8 Å². The van der Waals surface area contributed by atoms with Gasteiger partial charge in [-0.05, 0) is 30.0 Å². The topological polar surface area (TPSA) is 125 Å². The maximum Gasteiger partial charge on any atom is 0.393 e. The maximum atomic E-state index is 13.0. The van der Waals surface area contributed by atoms with E-state index in [0.29, 0.717) is 46.9 Å². The highest BCUT2D eigenvalue weighted by Gasteiger charge is 2.37. The van der Waals surface area contributed by atoms with Gasteiger partial charge in [0, 0.05) is 37.1 Å². The Hall–Kier alpha value is -3.27. The standard InChI is InChI=1S/C26H30F3N7O3S2/c1-30-25-33-23(20-10-19(11-26(27,28)29)40-24(20)34-25)35(2)21-8-18(9-22(21)37)31-12-15-4-6-16(7-5-15)17-13-32-36(14-17)41(3,38)39/h4-7,10,13-14,18,21-22,31,37H,8-9,11-12H2,1-3H3,(H,30,33,34)/t18-,21+,22-/m1/s1. The van der Waals surface area contributed by atoms with Crippen LogP contribution >= 0.6 is 11.3 Å². The van der Waals surface area contributed by atoms with E-state index in [-0.39, 0.29) is 17.0 Å². The molecule has 1 fully saturated rings. The molecular formula is C26H30F3N7O3S2. The second-order valence-corrected chi connectivity index (χ2v) is 13.2. The molecule has 0 amide bonds. The summed E-state index contributed by atoms with van der Waals surface area (Å²) >= 11 is 0.993. The zero-order chi connectivity index (χ0) is 29.5. The van der Waals surface area contributed by atoms with Crippen molar-refractivity contribution in [2.24, 2.45) is 0 Å². The van der Waals surface area contributed by atoms with Crippen molar-refractivity contribution in [1.29, 1.82) is 0 Å². The summed E-state index contributed by atoms with van der Waals surface area (Å²) < 4.78 is 63.4. The average molecular weight is 610 g/mol. The minimum atomic E-state index is -4.32.